The van der Waals surface area contributed by atoms with Crippen molar-refractivity contribution in [1.82, 2.24) is 5.01 Å². The molecular weight excluding hydrogens is 514 g/mol. The molecule has 0 aromatic heterocycles. The summed E-state index contributed by atoms with van der Waals surface area (Å²) < 4.78 is 0. The van der Waals surface area contributed by atoms with Crippen molar-refractivity contribution >= 4 is 35.5 Å². The Morgan fingerprint density at radius 3 is 1.83 bits per heavy atom. The summed E-state index contributed by atoms with van der Waals surface area (Å²) in [4.78, 5) is 57.1. The van der Waals surface area contributed by atoms with Gasteiger partial charge in [-0.2, -0.15) is 10.1 Å². The Hall–Kier alpha value is -4.65. The zero-order chi connectivity index (χ0) is 27.6. The highest BCUT2D eigenvalue weighted by Gasteiger charge is 2.68. The largest absolute Gasteiger partial charge is 0.274 e. The Bertz CT molecular complexity index is 1700. The smallest absolute Gasteiger partial charge is 0.254 e. The molecule has 10 rings (SSSR count). The van der Waals surface area contributed by atoms with Crippen LogP contribution in [0.2, 0.25) is 0 Å². The molecule has 4 bridgehead atoms. The van der Waals surface area contributed by atoms with E-state index in [4.69, 9.17) is 0 Å². The number of rotatable bonds is 3. The molecular formula is C34H25N3O4. The van der Waals surface area contributed by atoms with E-state index in [0.717, 1.165) is 33.7 Å². The van der Waals surface area contributed by atoms with E-state index in [1.54, 1.807) is 18.3 Å². The summed E-state index contributed by atoms with van der Waals surface area (Å²) in [6.45, 7) is 0. The molecule has 3 aromatic rings. The molecule has 41 heavy (non-hydrogen) atoms. The molecule has 2 aliphatic heterocycles. The van der Waals surface area contributed by atoms with E-state index < -0.39 is 17.3 Å². The second kappa shape index (κ2) is 7.75. The Kier molecular flexibility index (Phi) is 4.37. The highest BCUT2D eigenvalue weighted by atomic mass is 16.2. The second-order valence-corrected chi connectivity index (χ2v) is 12.1. The third-order valence-electron chi connectivity index (χ3n) is 10.5. The van der Waals surface area contributed by atoms with Crippen molar-refractivity contribution in [3.63, 3.8) is 0 Å². The summed E-state index contributed by atoms with van der Waals surface area (Å²) in [6, 6.07) is 24.9. The number of hydrazone groups is 1. The Morgan fingerprint density at radius 1 is 0.659 bits per heavy atom. The Balaban J connectivity index is 1.25. The molecule has 2 saturated heterocycles. The monoisotopic (exact) mass is 539 g/mol. The quantitative estimate of drug-likeness (QED) is 0.286. The maximum Gasteiger partial charge on any atom is 0.254 e. The lowest BCUT2D eigenvalue weighted by Crippen LogP contribution is -2.55. The van der Waals surface area contributed by atoms with Crippen LogP contribution >= 0.6 is 0 Å². The van der Waals surface area contributed by atoms with E-state index in [9.17, 15) is 19.2 Å². The minimum absolute atomic E-state index is 0.0734. The molecule has 0 unspecified atom stereocenters. The molecule has 6 atom stereocenters. The van der Waals surface area contributed by atoms with Crippen LogP contribution in [0.1, 0.15) is 34.6 Å². The van der Waals surface area contributed by atoms with Gasteiger partial charge in [0.25, 0.3) is 11.8 Å². The molecule has 5 aliphatic carbocycles. The lowest BCUT2D eigenvalue weighted by molar-refractivity contribution is -0.140. The number of imide groups is 2. The number of benzene rings is 3. The third-order valence-corrected chi connectivity index (χ3v) is 10.5. The van der Waals surface area contributed by atoms with E-state index in [1.165, 1.54) is 4.90 Å². The minimum atomic E-state index is -1.13. The Morgan fingerprint density at radius 2 is 1.22 bits per heavy atom. The molecule has 2 heterocycles. The van der Waals surface area contributed by atoms with Gasteiger partial charge in [0, 0.05) is 12.1 Å². The van der Waals surface area contributed by atoms with Gasteiger partial charge in [0.1, 0.15) is 0 Å². The zero-order valence-corrected chi connectivity index (χ0v) is 22.0. The number of allylic oxidation sites excluding steroid dienone is 2. The zero-order valence-electron chi connectivity index (χ0n) is 22.0. The molecule has 0 N–H and O–H groups in total. The van der Waals surface area contributed by atoms with Crippen LogP contribution in [-0.2, 0) is 24.6 Å². The average Bonchev–Trinajstić information content (AvgIpc) is 3.75. The summed E-state index contributed by atoms with van der Waals surface area (Å²) in [5.74, 6) is -3.35. The van der Waals surface area contributed by atoms with E-state index in [0.29, 0.717) is 5.69 Å². The van der Waals surface area contributed by atoms with Gasteiger partial charge in [0.05, 0.1) is 34.8 Å². The van der Waals surface area contributed by atoms with E-state index in [-0.39, 0.29) is 53.2 Å². The number of fused-ring (bicyclic) bond motifs is 5. The van der Waals surface area contributed by atoms with Crippen LogP contribution in [-0.4, -0.2) is 34.9 Å². The van der Waals surface area contributed by atoms with Crippen molar-refractivity contribution in [2.24, 2.45) is 40.6 Å². The van der Waals surface area contributed by atoms with E-state index >= 15 is 0 Å². The van der Waals surface area contributed by atoms with Gasteiger partial charge in [-0.1, -0.05) is 78.9 Å². The number of anilines is 1. The summed E-state index contributed by atoms with van der Waals surface area (Å²) in [5, 5.41) is 5.72. The maximum absolute atomic E-state index is 14.4. The summed E-state index contributed by atoms with van der Waals surface area (Å²) >= 11 is 0. The van der Waals surface area contributed by atoms with Crippen LogP contribution in [0.5, 0.6) is 0 Å². The SMILES string of the molecule is O=C1[C@@H]2[C@H](C(=O)N1/N=C\C13c4ccccc4C(c4ccccc41)[C@@H]1C(=O)N(c4ccccc4)C(=O)[C@H]13)[C@H]1C=C[C@H]2C1. The number of hydrogen-bond acceptors (Lipinski definition) is 5. The predicted molar refractivity (Wildman–Crippen MR) is 149 cm³/mol. The standard InChI is InChI=1S/C34H25N3O4/c38-30-28-27-21-10-4-6-12-23(21)34(24-13-7-5-11-22(24)27,29(28)33(41)36(30)20-8-2-1-3-9-20)17-35-37-31(39)25-18-14-15-19(16-18)26(25)32(37)40/h1-15,17-19,25-29H,16H2/b35-17-/t18-,19-,25-,26+,27?,28-,29-,34?/m0/s1. The fraction of sp³-hybridized carbons (Fsp3) is 0.265. The van der Waals surface area contributed by atoms with Crippen LogP contribution < -0.4 is 4.90 Å². The highest BCUT2D eigenvalue weighted by molar-refractivity contribution is 6.25. The normalized spacial score (nSPS) is 35.5. The first kappa shape index (κ1) is 23.1. The van der Waals surface area contributed by atoms with Gasteiger partial charge in [0.2, 0.25) is 11.8 Å². The Labute approximate surface area is 236 Å². The van der Waals surface area contributed by atoms with Gasteiger partial charge in [0.15, 0.2) is 0 Å². The van der Waals surface area contributed by atoms with Crippen LogP contribution in [0.15, 0.2) is 96.1 Å². The van der Waals surface area contributed by atoms with Crippen molar-refractivity contribution in [2.45, 2.75) is 17.8 Å². The van der Waals surface area contributed by atoms with E-state index in [1.807, 2.05) is 66.7 Å². The van der Waals surface area contributed by atoms with Gasteiger partial charge >= 0.3 is 0 Å². The first-order chi connectivity index (χ1) is 20.0. The molecule has 3 aromatic carbocycles. The molecule has 7 heteroatoms. The molecule has 3 fully saturated rings. The summed E-state index contributed by atoms with van der Waals surface area (Å²) in [6.07, 6.45) is 6.60. The van der Waals surface area contributed by atoms with E-state index in [2.05, 4.69) is 17.3 Å². The molecule has 200 valence electrons. The predicted octanol–water partition coefficient (Wildman–Crippen LogP) is 4.03. The van der Waals surface area contributed by atoms with Gasteiger partial charge < -0.3 is 0 Å². The number of amides is 4. The molecule has 7 nitrogen and oxygen atoms in total. The van der Waals surface area contributed by atoms with Gasteiger partial charge in [-0.05, 0) is 52.6 Å². The lowest BCUT2D eigenvalue weighted by Gasteiger charge is -2.52. The minimum Gasteiger partial charge on any atom is -0.274 e. The number of para-hydroxylation sites is 1. The van der Waals surface area contributed by atoms with Gasteiger partial charge in [-0.3, -0.25) is 19.2 Å². The number of hydrogen-bond donors (Lipinski definition) is 0. The first-order valence-corrected chi connectivity index (χ1v) is 14.3. The topological polar surface area (TPSA) is 87.1 Å². The molecule has 7 aliphatic rings. The number of carbonyl (C=O) groups is 4. The molecule has 1 saturated carbocycles. The van der Waals surface area contributed by atoms with Crippen LogP contribution in [0.25, 0.3) is 0 Å². The van der Waals surface area contributed by atoms with Crippen molar-refractivity contribution in [3.8, 4) is 0 Å². The third kappa shape index (κ3) is 2.63. The van der Waals surface area contributed by atoms with Crippen LogP contribution in [0, 0.1) is 35.5 Å². The maximum atomic E-state index is 14.4. The second-order valence-electron chi connectivity index (χ2n) is 12.1. The fourth-order valence-corrected chi connectivity index (χ4v) is 9.03. The summed E-state index contributed by atoms with van der Waals surface area (Å²) in [5.41, 5.74) is 3.16. The van der Waals surface area contributed by atoms with Crippen molar-refractivity contribution < 1.29 is 19.2 Å². The fourth-order valence-electron chi connectivity index (χ4n) is 9.03. The highest BCUT2D eigenvalue weighted by Crippen LogP contribution is 2.64. The van der Waals surface area contributed by atoms with Crippen LogP contribution in [0.3, 0.4) is 0 Å². The first-order valence-electron chi connectivity index (χ1n) is 14.3. The molecule has 0 spiro atoms. The molecule has 4 amide bonds. The lowest BCUT2D eigenvalue weighted by atomic mass is 9.47. The average molecular weight is 540 g/mol. The van der Waals surface area contributed by atoms with Crippen molar-refractivity contribution in [1.29, 1.82) is 0 Å². The van der Waals surface area contributed by atoms with Crippen LogP contribution in [0.4, 0.5) is 5.69 Å². The molecule has 0 radical (unpaired) electrons. The number of carbonyl (C=O) groups excluding carboxylic acids is 4. The summed E-state index contributed by atoms with van der Waals surface area (Å²) in [7, 11) is 0. The van der Waals surface area contributed by atoms with Gasteiger partial charge in [-0.15, -0.1) is 0 Å². The number of nitrogens with zero attached hydrogens (tertiary/aromatic N) is 3. The van der Waals surface area contributed by atoms with Crippen molar-refractivity contribution in [2.75, 3.05) is 4.90 Å². The van der Waals surface area contributed by atoms with Gasteiger partial charge in [-0.25, -0.2) is 4.90 Å². The van der Waals surface area contributed by atoms with Crippen molar-refractivity contribution in [3.05, 3.63) is 113 Å².